The van der Waals surface area contributed by atoms with Crippen molar-refractivity contribution in [2.45, 2.75) is 0 Å². The number of aromatic nitrogens is 2. The van der Waals surface area contributed by atoms with Crippen molar-refractivity contribution in [2.24, 2.45) is 0 Å². The largest absolute Gasteiger partial charge is 0.332 e. The molecular formula is C21H15BrN4OS. The van der Waals surface area contributed by atoms with Gasteiger partial charge in [0.05, 0.1) is 5.69 Å². The molecule has 0 bridgehead atoms. The minimum atomic E-state index is -0.149. The topological polar surface area (TPSA) is 66.9 Å². The molecule has 0 fully saturated rings. The molecule has 7 heteroatoms. The molecule has 138 valence electrons. The van der Waals surface area contributed by atoms with Gasteiger partial charge in [0, 0.05) is 44.7 Å². The number of anilines is 3. The van der Waals surface area contributed by atoms with Crippen LogP contribution in [0.2, 0.25) is 0 Å². The van der Waals surface area contributed by atoms with E-state index in [9.17, 15) is 4.79 Å². The number of hydrogen-bond acceptors (Lipinski definition) is 5. The van der Waals surface area contributed by atoms with Gasteiger partial charge in [0.1, 0.15) is 0 Å². The van der Waals surface area contributed by atoms with Crippen molar-refractivity contribution in [3.8, 4) is 11.3 Å². The molecule has 0 aliphatic carbocycles. The second kappa shape index (κ2) is 8.33. The van der Waals surface area contributed by atoms with Crippen LogP contribution in [0.5, 0.6) is 0 Å². The number of carbonyl (C=O) groups is 1. The van der Waals surface area contributed by atoms with Crippen LogP contribution >= 0.6 is 27.3 Å². The molecule has 0 aliphatic rings. The summed E-state index contributed by atoms with van der Waals surface area (Å²) in [6.07, 6.45) is 3.51. The SMILES string of the molecule is O=C(Nc1ccc(Nc2nc(-c3ccncc3)cs2)cc1)c1cccc(Br)c1. The highest BCUT2D eigenvalue weighted by molar-refractivity contribution is 9.10. The van der Waals surface area contributed by atoms with Gasteiger partial charge in [-0.15, -0.1) is 11.3 Å². The number of amides is 1. The smallest absolute Gasteiger partial charge is 0.255 e. The molecule has 0 saturated carbocycles. The number of nitrogens with zero attached hydrogens (tertiary/aromatic N) is 2. The first-order valence-corrected chi connectivity index (χ1v) is 10.1. The Balaban J connectivity index is 1.41. The van der Waals surface area contributed by atoms with Gasteiger partial charge in [0.25, 0.3) is 5.91 Å². The maximum Gasteiger partial charge on any atom is 0.255 e. The minimum absolute atomic E-state index is 0.149. The zero-order valence-corrected chi connectivity index (χ0v) is 17.0. The molecule has 2 N–H and O–H groups in total. The van der Waals surface area contributed by atoms with Crippen LogP contribution in [0.15, 0.2) is 82.9 Å². The molecule has 2 heterocycles. The predicted octanol–water partition coefficient (Wildman–Crippen LogP) is 5.96. The molecule has 5 nitrogen and oxygen atoms in total. The Morgan fingerprint density at radius 3 is 2.46 bits per heavy atom. The second-order valence-electron chi connectivity index (χ2n) is 5.94. The summed E-state index contributed by atoms with van der Waals surface area (Å²) in [4.78, 5) is 20.9. The fourth-order valence-corrected chi connectivity index (χ4v) is 3.72. The van der Waals surface area contributed by atoms with Crippen molar-refractivity contribution in [3.05, 3.63) is 88.5 Å². The maximum absolute atomic E-state index is 12.3. The van der Waals surface area contributed by atoms with Crippen LogP contribution in [0.25, 0.3) is 11.3 Å². The van der Waals surface area contributed by atoms with Crippen LogP contribution < -0.4 is 10.6 Å². The predicted molar refractivity (Wildman–Crippen MR) is 117 cm³/mol. The molecule has 0 aliphatic heterocycles. The number of thiazole rings is 1. The van der Waals surface area contributed by atoms with Gasteiger partial charge < -0.3 is 10.6 Å². The zero-order valence-electron chi connectivity index (χ0n) is 14.6. The summed E-state index contributed by atoms with van der Waals surface area (Å²) in [7, 11) is 0. The number of rotatable bonds is 5. The molecule has 2 aromatic heterocycles. The van der Waals surface area contributed by atoms with E-state index in [1.165, 1.54) is 11.3 Å². The summed E-state index contributed by atoms with van der Waals surface area (Å²) in [5.74, 6) is -0.149. The van der Waals surface area contributed by atoms with E-state index in [2.05, 4.69) is 36.5 Å². The van der Waals surface area contributed by atoms with Gasteiger partial charge in [-0.25, -0.2) is 4.98 Å². The normalized spacial score (nSPS) is 10.5. The molecule has 0 saturated heterocycles. The van der Waals surface area contributed by atoms with Gasteiger partial charge in [0.2, 0.25) is 0 Å². The van der Waals surface area contributed by atoms with Crippen molar-refractivity contribution < 1.29 is 4.79 Å². The number of benzene rings is 2. The van der Waals surface area contributed by atoms with E-state index in [-0.39, 0.29) is 5.91 Å². The average molecular weight is 451 g/mol. The fourth-order valence-electron chi connectivity index (χ4n) is 2.58. The minimum Gasteiger partial charge on any atom is -0.332 e. The van der Waals surface area contributed by atoms with Gasteiger partial charge in [0.15, 0.2) is 5.13 Å². The number of hydrogen-bond donors (Lipinski definition) is 2. The Morgan fingerprint density at radius 1 is 0.964 bits per heavy atom. The summed E-state index contributed by atoms with van der Waals surface area (Å²) in [6, 6.07) is 18.7. The van der Waals surface area contributed by atoms with Crippen molar-refractivity contribution in [2.75, 3.05) is 10.6 Å². The molecule has 0 unspecified atom stereocenters. The van der Waals surface area contributed by atoms with E-state index in [1.807, 2.05) is 53.9 Å². The number of carbonyl (C=O) groups excluding carboxylic acids is 1. The lowest BCUT2D eigenvalue weighted by molar-refractivity contribution is 0.102. The van der Waals surface area contributed by atoms with Crippen LogP contribution in [0.4, 0.5) is 16.5 Å². The zero-order chi connectivity index (χ0) is 19.3. The van der Waals surface area contributed by atoms with Gasteiger partial charge in [-0.2, -0.15) is 0 Å². The van der Waals surface area contributed by atoms with Gasteiger partial charge in [-0.05, 0) is 54.6 Å². The van der Waals surface area contributed by atoms with Crippen LogP contribution in [-0.4, -0.2) is 15.9 Å². The highest BCUT2D eigenvalue weighted by atomic mass is 79.9. The van der Waals surface area contributed by atoms with E-state index >= 15 is 0 Å². The van der Waals surface area contributed by atoms with E-state index < -0.39 is 0 Å². The highest BCUT2D eigenvalue weighted by Crippen LogP contribution is 2.27. The second-order valence-corrected chi connectivity index (χ2v) is 7.71. The van der Waals surface area contributed by atoms with E-state index in [0.29, 0.717) is 5.56 Å². The molecule has 0 radical (unpaired) electrons. The number of nitrogens with one attached hydrogen (secondary N) is 2. The first kappa shape index (κ1) is 18.3. The summed E-state index contributed by atoms with van der Waals surface area (Å²) in [5, 5.41) is 8.99. The lowest BCUT2D eigenvalue weighted by atomic mass is 10.2. The molecule has 4 aromatic rings. The molecule has 0 spiro atoms. The van der Waals surface area contributed by atoms with Crippen molar-refractivity contribution in [1.29, 1.82) is 0 Å². The van der Waals surface area contributed by atoms with Crippen molar-refractivity contribution in [3.63, 3.8) is 0 Å². The van der Waals surface area contributed by atoms with Crippen molar-refractivity contribution in [1.82, 2.24) is 9.97 Å². The Bertz CT molecular complexity index is 1100. The van der Waals surface area contributed by atoms with Crippen LogP contribution in [0, 0.1) is 0 Å². The van der Waals surface area contributed by atoms with E-state index in [0.717, 1.165) is 32.2 Å². The third-order valence-corrected chi connectivity index (χ3v) is 5.21. The third-order valence-electron chi connectivity index (χ3n) is 3.96. The summed E-state index contributed by atoms with van der Waals surface area (Å²) in [6.45, 7) is 0. The molecule has 28 heavy (non-hydrogen) atoms. The molecule has 0 atom stereocenters. The lowest BCUT2D eigenvalue weighted by Gasteiger charge is -2.07. The quantitative estimate of drug-likeness (QED) is 0.393. The summed E-state index contributed by atoms with van der Waals surface area (Å²) in [5.41, 5.74) is 4.17. The standard InChI is InChI=1S/C21H15BrN4OS/c22-16-3-1-2-15(12-16)20(27)24-17-4-6-18(7-5-17)25-21-26-19(13-28-21)14-8-10-23-11-9-14/h1-13H,(H,24,27)(H,25,26). The monoisotopic (exact) mass is 450 g/mol. The van der Waals surface area contributed by atoms with Gasteiger partial charge in [-0.3, -0.25) is 9.78 Å². The molecule has 1 amide bonds. The van der Waals surface area contributed by atoms with Gasteiger partial charge in [-0.1, -0.05) is 22.0 Å². The highest BCUT2D eigenvalue weighted by Gasteiger charge is 2.07. The van der Waals surface area contributed by atoms with Crippen LogP contribution in [0.3, 0.4) is 0 Å². The Kier molecular flexibility index (Phi) is 5.45. The number of halogens is 1. The summed E-state index contributed by atoms with van der Waals surface area (Å²) >= 11 is 4.91. The Labute approximate surface area is 174 Å². The lowest BCUT2D eigenvalue weighted by Crippen LogP contribution is -2.11. The van der Waals surface area contributed by atoms with Crippen LogP contribution in [0.1, 0.15) is 10.4 Å². The molecule has 2 aromatic carbocycles. The van der Waals surface area contributed by atoms with Crippen molar-refractivity contribution >= 4 is 49.7 Å². The van der Waals surface area contributed by atoms with Gasteiger partial charge >= 0.3 is 0 Å². The average Bonchev–Trinajstić information content (AvgIpc) is 3.19. The van der Waals surface area contributed by atoms with E-state index in [1.54, 1.807) is 24.5 Å². The Morgan fingerprint density at radius 2 is 1.71 bits per heavy atom. The fraction of sp³-hybridized carbons (Fsp3) is 0. The summed E-state index contributed by atoms with van der Waals surface area (Å²) < 4.78 is 0.870. The first-order valence-electron chi connectivity index (χ1n) is 8.47. The Hall–Kier alpha value is -3.03. The third kappa shape index (κ3) is 4.44. The van der Waals surface area contributed by atoms with E-state index in [4.69, 9.17) is 0 Å². The first-order chi connectivity index (χ1) is 13.7. The van der Waals surface area contributed by atoms with Crippen LogP contribution in [-0.2, 0) is 0 Å². The number of pyridine rings is 1. The maximum atomic E-state index is 12.3. The molecular weight excluding hydrogens is 436 g/mol. The molecule has 4 rings (SSSR count).